The van der Waals surface area contributed by atoms with Gasteiger partial charge in [0.05, 0.1) is 0 Å². The fourth-order valence-corrected chi connectivity index (χ4v) is 0.434. The highest BCUT2D eigenvalue weighted by Crippen LogP contribution is 2.14. The van der Waals surface area contributed by atoms with Gasteiger partial charge in [0.15, 0.2) is 0 Å². The average Bonchev–Trinajstić information content (AvgIpc) is 1.78. The van der Waals surface area contributed by atoms with Crippen LogP contribution in [-0.2, 0) is 4.74 Å². The van der Waals surface area contributed by atoms with Gasteiger partial charge in [0.1, 0.15) is 6.61 Å². The predicted molar refractivity (Wildman–Crippen MR) is 34.3 cm³/mol. The Morgan fingerprint density at radius 2 is 1.82 bits per heavy atom. The van der Waals surface area contributed by atoms with E-state index in [9.17, 15) is 13.2 Å². The molecule has 0 fully saturated rings. The van der Waals surface area contributed by atoms with Gasteiger partial charge in [0, 0.05) is 6.61 Å². The van der Waals surface area contributed by atoms with Crippen LogP contribution in [-0.4, -0.2) is 19.4 Å². The lowest BCUT2D eigenvalue weighted by atomic mass is 10.4. The summed E-state index contributed by atoms with van der Waals surface area (Å²) in [5.74, 6) is 0. The molecule has 0 heterocycles. The van der Waals surface area contributed by atoms with Gasteiger partial charge in [0.25, 0.3) is 0 Å². The van der Waals surface area contributed by atoms with Crippen molar-refractivity contribution in [3.63, 3.8) is 0 Å². The van der Waals surface area contributed by atoms with Gasteiger partial charge in [-0.05, 0) is 6.42 Å². The van der Waals surface area contributed by atoms with Crippen molar-refractivity contribution in [3.05, 3.63) is 0 Å². The molecule has 0 aromatic rings. The maximum atomic E-state index is 11.4. The van der Waals surface area contributed by atoms with Crippen LogP contribution in [0.15, 0.2) is 0 Å². The molecule has 0 aromatic heterocycles. The Balaban J connectivity index is 0. The van der Waals surface area contributed by atoms with Crippen LogP contribution in [0.4, 0.5) is 17.9 Å². The Hall–Kier alpha value is -0.320. The summed E-state index contributed by atoms with van der Waals surface area (Å²) in [6, 6.07) is 0. The lowest BCUT2D eigenvalue weighted by Gasteiger charge is -2.05. The first-order valence-corrected chi connectivity index (χ1v) is 3.20. The highest BCUT2D eigenvalue weighted by Gasteiger charge is 2.26. The second-order valence-electron chi connectivity index (χ2n) is 2.02. The zero-order valence-corrected chi connectivity index (χ0v) is 6.28. The lowest BCUT2D eigenvalue weighted by molar-refractivity contribution is -0.174. The first kappa shape index (κ1) is 13.3. The van der Waals surface area contributed by atoms with Gasteiger partial charge in [-0.1, -0.05) is 13.3 Å². The van der Waals surface area contributed by atoms with Crippen LogP contribution in [0, 0.1) is 0 Å². The van der Waals surface area contributed by atoms with E-state index < -0.39 is 12.8 Å². The topological polar surface area (TPSA) is 9.23 Å². The molecule has 0 saturated heterocycles. The number of halogens is 4. The third-order valence-electron chi connectivity index (χ3n) is 0.908. The second kappa shape index (κ2) is 6.39. The molecule has 0 radical (unpaired) electrons. The minimum atomic E-state index is -4.17. The Morgan fingerprint density at radius 1 is 1.27 bits per heavy atom. The first-order chi connectivity index (χ1) is 4.56. The Bertz CT molecular complexity index is 81.1. The van der Waals surface area contributed by atoms with E-state index in [2.05, 4.69) is 4.74 Å². The fraction of sp³-hybridized carbons (Fsp3) is 1.00. The van der Waals surface area contributed by atoms with Crippen molar-refractivity contribution < 1.29 is 22.6 Å². The van der Waals surface area contributed by atoms with Crippen molar-refractivity contribution in [2.24, 2.45) is 0 Å². The molecule has 5 heteroatoms. The van der Waals surface area contributed by atoms with E-state index in [-0.39, 0.29) is 11.3 Å². The van der Waals surface area contributed by atoms with Gasteiger partial charge in [-0.3, -0.25) is 4.70 Å². The van der Waals surface area contributed by atoms with E-state index in [1.165, 1.54) is 0 Å². The minimum Gasteiger partial charge on any atom is -0.372 e. The summed E-state index contributed by atoms with van der Waals surface area (Å²) in [5.41, 5.74) is 0. The van der Waals surface area contributed by atoms with Crippen molar-refractivity contribution >= 4 is 0 Å². The zero-order valence-electron chi connectivity index (χ0n) is 6.28. The molecule has 0 aliphatic heterocycles. The van der Waals surface area contributed by atoms with Crippen molar-refractivity contribution in [2.45, 2.75) is 25.9 Å². The number of ether oxygens (including phenoxy) is 1. The summed E-state index contributed by atoms with van der Waals surface area (Å²) in [6.45, 7) is 0.986. The van der Waals surface area contributed by atoms with E-state index in [1.807, 2.05) is 6.92 Å². The van der Waals surface area contributed by atoms with Gasteiger partial charge < -0.3 is 4.74 Å². The van der Waals surface area contributed by atoms with Crippen molar-refractivity contribution in [3.8, 4) is 0 Å². The van der Waals surface area contributed by atoms with Crippen LogP contribution in [0.1, 0.15) is 19.8 Å². The predicted octanol–water partition coefficient (Wildman–Crippen LogP) is 2.52. The summed E-state index contributed by atoms with van der Waals surface area (Å²) < 4.78 is 38.4. The smallest absolute Gasteiger partial charge is 0.372 e. The number of alkyl halides is 3. The van der Waals surface area contributed by atoms with E-state index in [0.717, 1.165) is 6.42 Å². The van der Waals surface area contributed by atoms with E-state index >= 15 is 0 Å². The van der Waals surface area contributed by atoms with Crippen LogP contribution in [0.3, 0.4) is 0 Å². The molecule has 0 rings (SSSR count). The number of hydrogen-bond acceptors (Lipinski definition) is 1. The molecule has 1 nitrogen and oxygen atoms in total. The van der Waals surface area contributed by atoms with Crippen LogP contribution in [0.25, 0.3) is 0 Å². The molecule has 0 N–H and O–H groups in total. The fourth-order valence-electron chi connectivity index (χ4n) is 0.434. The van der Waals surface area contributed by atoms with Gasteiger partial charge in [0.2, 0.25) is 0 Å². The molecule has 0 aromatic carbocycles. The lowest BCUT2D eigenvalue weighted by Crippen LogP contribution is -2.17. The Kier molecular flexibility index (Phi) is 7.72. The molecule has 0 unspecified atom stereocenters. The average molecular weight is 176 g/mol. The van der Waals surface area contributed by atoms with E-state index in [0.29, 0.717) is 6.42 Å². The monoisotopic (exact) mass is 176 g/mol. The van der Waals surface area contributed by atoms with Crippen LogP contribution in [0.5, 0.6) is 0 Å². The van der Waals surface area contributed by atoms with Crippen molar-refractivity contribution in [1.29, 1.82) is 0 Å². The molecule has 11 heavy (non-hydrogen) atoms. The molecule has 0 atom stereocenters. The Morgan fingerprint density at radius 3 is 2.18 bits per heavy atom. The summed E-state index contributed by atoms with van der Waals surface area (Å²) in [7, 11) is 0. The standard InChI is InChI=1S/C6H11F3O.FH/c1-2-3-4-10-5-6(7,8)9;/h2-5H2,1H3;1H. The molecule has 0 aliphatic rings. The molecule has 0 spiro atoms. The third kappa shape index (κ3) is 12.8. The maximum absolute atomic E-state index is 11.4. The van der Waals surface area contributed by atoms with Crippen molar-refractivity contribution in [1.82, 2.24) is 0 Å². The second-order valence-corrected chi connectivity index (χ2v) is 2.02. The summed E-state index contributed by atoms with van der Waals surface area (Å²) >= 11 is 0. The van der Waals surface area contributed by atoms with Crippen LogP contribution < -0.4 is 0 Å². The molecular weight excluding hydrogens is 164 g/mol. The van der Waals surface area contributed by atoms with Gasteiger partial charge >= 0.3 is 6.18 Å². The number of hydrogen-bond donors (Lipinski definition) is 0. The molecular formula is C6H12F4O. The number of unbranched alkanes of at least 4 members (excludes halogenated alkanes) is 1. The quantitative estimate of drug-likeness (QED) is 0.472. The Labute approximate surface area is 62.9 Å². The highest BCUT2D eigenvalue weighted by molar-refractivity contribution is 4.44. The summed E-state index contributed by atoms with van der Waals surface area (Å²) in [6.07, 6.45) is -2.62. The maximum Gasteiger partial charge on any atom is 0.411 e. The van der Waals surface area contributed by atoms with E-state index in [1.54, 1.807) is 0 Å². The molecule has 0 saturated carbocycles. The summed E-state index contributed by atoms with van der Waals surface area (Å²) in [5, 5.41) is 0. The normalized spacial score (nSPS) is 10.9. The minimum absolute atomic E-state index is 0. The first-order valence-electron chi connectivity index (χ1n) is 3.20. The van der Waals surface area contributed by atoms with Gasteiger partial charge in [-0.15, -0.1) is 0 Å². The SMILES string of the molecule is CCCCOCC(F)(F)F.F. The molecule has 0 bridgehead atoms. The molecule has 70 valence electrons. The van der Waals surface area contributed by atoms with E-state index in [4.69, 9.17) is 0 Å². The zero-order chi connectivity index (χ0) is 8.04. The highest BCUT2D eigenvalue weighted by atomic mass is 19.4. The van der Waals surface area contributed by atoms with Crippen LogP contribution in [0.2, 0.25) is 0 Å². The third-order valence-corrected chi connectivity index (χ3v) is 0.908. The number of rotatable bonds is 4. The van der Waals surface area contributed by atoms with Crippen LogP contribution >= 0.6 is 0 Å². The molecule has 0 aliphatic carbocycles. The van der Waals surface area contributed by atoms with Crippen molar-refractivity contribution in [2.75, 3.05) is 13.2 Å². The largest absolute Gasteiger partial charge is 0.411 e. The van der Waals surface area contributed by atoms with Gasteiger partial charge in [-0.25, -0.2) is 0 Å². The van der Waals surface area contributed by atoms with Gasteiger partial charge in [-0.2, -0.15) is 13.2 Å². The summed E-state index contributed by atoms with van der Waals surface area (Å²) in [4.78, 5) is 0. The molecule has 0 amide bonds.